The van der Waals surface area contributed by atoms with Crippen molar-refractivity contribution in [1.29, 1.82) is 0 Å². The quantitative estimate of drug-likeness (QED) is 0.274. The van der Waals surface area contributed by atoms with Crippen molar-refractivity contribution < 1.29 is 4.79 Å². The number of anilines is 3. The standard InChI is InChI=1S/C31H38ClN5OS2/c1-22-18-25(32)21-27(19-22)36-14-16-37(17-15-36)40-28-7-5-26(6-8-28)34-31(38)29-20-24(23-10-12-33-13-11-23)4-9-30(29)35(2)39-3/h4-9,18-21,23,33H,10-17H2,1-3H3,(H,34,38). The number of nitrogens with one attached hydrogen (secondary N) is 2. The fourth-order valence-corrected chi connectivity index (χ4v) is 6.94. The molecule has 0 aliphatic carbocycles. The zero-order valence-corrected chi connectivity index (χ0v) is 25.8. The van der Waals surface area contributed by atoms with Crippen LogP contribution in [0.15, 0.2) is 65.6 Å². The molecular weight excluding hydrogens is 558 g/mol. The number of benzene rings is 3. The molecule has 2 aliphatic rings. The highest BCUT2D eigenvalue weighted by molar-refractivity contribution is 7.99. The fraction of sp³-hybridized carbons (Fsp3) is 0.387. The van der Waals surface area contributed by atoms with E-state index in [1.54, 1.807) is 23.9 Å². The largest absolute Gasteiger partial charge is 0.369 e. The average Bonchev–Trinajstić information content (AvgIpc) is 2.98. The summed E-state index contributed by atoms with van der Waals surface area (Å²) in [6, 6.07) is 20.8. The molecule has 40 heavy (non-hydrogen) atoms. The molecule has 0 saturated carbocycles. The van der Waals surface area contributed by atoms with E-state index in [1.807, 2.05) is 35.8 Å². The first kappa shape index (κ1) is 29.1. The maximum atomic E-state index is 13.5. The molecule has 212 valence electrons. The summed E-state index contributed by atoms with van der Waals surface area (Å²) in [6.07, 6.45) is 4.23. The molecule has 2 N–H and O–H groups in total. The number of hydrogen-bond acceptors (Lipinski definition) is 7. The molecule has 0 spiro atoms. The van der Waals surface area contributed by atoms with Gasteiger partial charge in [-0.05, 0) is 116 Å². The molecule has 6 nitrogen and oxygen atoms in total. The van der Waals surface area contributed by atoms with E-state index >= 15 is 0 Å². The third-order valence-electron chi connectivity index (χ3n) is 7.67. The minimum atomic E-state index is -0.0699. The predicted octanol–water partition coefficient (Wildman–Crippen LogP) is 6.91. The molecule has 3 aromatic rings. The zero-order valence-electron chi connectivity index (χ0n) is 23.5. The number of nitrogens with zero attached hydrogens (tertiary/aromatic N) is 3. The van der Waals surface area contributed by atoms with Crippen molar-refractivity contribution in [3.05, 3.63) is 82.4 Å². The number of piperidine rings is 1. The van der Waals surface area contributed by atoms with E-state index in [4.69, 9.17) is 11.6 Å². The maximum absolute atomic E-state index is 13.5. The van der Waals surface area contributed by atoms with Crippen LogP contribution in [0.25, 0.3) is 0 Å². The van der Waals surface area contributed by atoms with Crippen LogP contribution in [0.3, 0.4) is 0 Å². The Labute approximate surface area is 252 Å². The lowest BCUT2D eigenvalue weighted by Crippen LogP contribution is -2.43. The molecule has 0 aromatic heterocycles. The summed E-state index contributed by atoms with van der Waals surface area (Å²) in [7, 11) is 2.00. The molecule has 0 bridgehead atoms. The third-order valence-corrected chi connectivity index (χ3v) is 9.74. The van der Waals surface area contributed by atoms with Crippen LogP contribution in [0.2, 0.25) is 5.02 Å². The summed E-state index contributed by atoms with van der Waals surface area (Å²) in [6.45, 7) is 8.00. The number of carbonyl (C=O) groups is 1. The highest BCUT2D eigenvalue weighted by Crippen LogP contribution is 2.33. The van der Waals surface area contributed by atoms with Crippen molar-refractivity contribution in [2.24, 2.45) is 0 Å². The Morgan fingerprint density at radius 3 is 2.40 bits per heavy atom. The van der Waals surface area contributed by atoms with Gasteiger partial charge >= 0.3 is 0 Å². The van der Waals surface area contributed by atoms with Gasteiger partial charge in [0.2, 0.25) is 0 Å². The van der Waals surface area contributed by atoms with Crippen LogP contribution in [-0.4, -0.2) is 62.8 Å². The first-order chi connectivity index (χ1) is 19.4. The number of rotatable bonds is 8. The normalized spacial score (nSPS) is 16.6. The summed E-state index contributed by atoms with van der Waals surface area (Å²) < 4.78 is 4.45. The van der Waals surface area contributed by atoms with Crippen molar-refractivity contribution in [1.82, 2.24) is 9.62 Å². The van der Waals surface area contributed by atoms with Crippen molar-refractivity contribution in [3.63, 3.8) is 0 Å². The second-order valence-corrected chi connectivity index (χ2v) is 13.0. The molecular formula is C31H38ClN5OS2. The molecule has 0 atom stereocenters. The number of piperazine rings is 1. The van der Waals surface area contributed by atoms with E-state index in [9.17, 15) is 4.79 Å². The van der Waals surface area contributed by atoms with Gasteiger partial charge in [0.05, 0.1) is 11.3 Å². The van der Waals surface area contributed by atoms with Crippen molar-refractivity contribution in [3.8, 4) is 0 Å². The van der Waals surface area contributed by atoms with Gasteiger partial charge in [-0.1, -0.05) is 29.6 Å². The minimum Gasteiger partial charge on any atom is -0.369 e. The maximum Gasteiger partial charge on any atom is 0.257 e. The van der Waals surface area contributed by atoms with Crippen molar-refractivity contribution >= 4 is 58.5 Å². The van der Waals surface area contributed by atoms with E-state index in [1.165, 1.54) is 21.7 Å². The van der Waals surface area contributed by atoms with Crippen LogP contribution >= 0.6 is 35.5 Å². The number of aryl methyl sites for hydroxylation is 1. The van der Waals surface area contributed by atoms with Crippen LogP contribution in [-0.2, 0) is 0 Å². The monoisotopic (exact) mass is 595 g/mol. The second kappa shape index (κ2) is 13.5. The Bertz CT molecular complexity index is 1290. The Balaban J connectivity index is 1.20. The second-order valence-electron chi connectivity index (χ2n) is 10.5. The van der Waals surface area contributed by atoms with Gasteiger partial charge < -0.3 is 19.8 Å². The predicted molar refractivity (Wildman–Crippen MR) is 173 cm³/mol. The Morgan fingerprint density at radius 1 is 1.00 bits per heavy atom. The van der Waals surface area contributed by atoms with Crippen LogP contribution in [0, 0.1) is 6.92 Å². The summed E-state index contributed by atoms with van der Waals surface area (Å²) in [5.74, 6) is 0.425. The smallest absolute Gasteiger partial charge is 0.257 e. The lowest BCUT2D eigenvalue weighted by molar-refractivity contribution is 0.102. The first-order valence-electron chi connectivity index (χ1n) is 13.9. The fourth-order valence-electron chi connectivity index (χ4n) is 5.40. The topological polar surface area (TPSA) is 50.9 Å². The van der Waals surface area contributed by atoms with Gasteiger partial charge in [-0.2, -0.15) is 0 Å². The molecule has 0 unspecified atom stereocenters. The molecule has 5 rings (SSSR count). The van der Waals surface area contributed by atoms with Crippen molar-refractivity contribution in [2.45, 2.75) is 30.6 Å². The van der Waals surface area contributed by atoms with Gasteiger partial charge in [0.1, 0.15) is 0 Å². The third kappa shape index (κ3) is 7.28. The summed E-state index contributed by atoms with van der Waals surface area (Å²) in [5.41, 5.74) is 6.10. The van der Waals surface area contributed by atoms with Crippen LogP contribution in [0.4, 0.5) is 17.1 Å². The number of halogens is 1. The Kier molecular flexibility index (Phi) is 9.86. The Hall–Kier alpha value is -2.36. The molecule has 0 radical (unpaired) electrons. The van der Waals surface area contributed by atoms with Gasteiger partial charge in [0, 0.05) is 60.8 Å². The molecule has 2 heterocycles. The zero-order chi connectivity index (χ0) is 28.1. The van der Waals surface area contributed by atoms with Gasteiger partial charge in [-0.25, -0.2) is 4.31 Å². The lowest BCUT2D eigenvalue weighted by atomic mass is 9.89. The van der Waals surface area contributed by atoms with Crippen molar-refractivity contribution in [2.75, 3.05) is 67.1 Å². The highest BCUT2D eigenvalue weighted by atomic mass is 35.5. The molecule has 2 saturated heterocycles. The van der Waals surface area contributed by atoms with E-state index < -0.39 is 0 Å². The van der Waals surface area contributed by atoms with Crippen LogP contribution < -0.4 is 19.8 Å². The number of carbonyl (C=O) groups excluding carboxylic acids is 1. The minimum absolute atomic E-state index is 0.0699. The van der Waals surface area contributed by atoms with Gasteiger partial charge in [-0.15, -0.1) is 0 Å². The van der Waals surface area contributed by atoms with E-state index in [-0.39, 0.29) is 5.91 Å². The van der Waals surface area contributed by atoms with E-state index in [0.717, 1.165) is 74.1 Å². The molecule has 2 aliphatic heterocycles. The first-order valence-corrected chi connectivity index (χ1v) is 16.2. The van der Waals surface area contributed by atoms with E-state index in [2.05, 4.69) is 69.2 Å². The number of amides is 1. The lowest BCUT2D eigenvalue weighted by Gasteiger charge is -2.35. The average molecular weight is 596 g/mol. The molecule has 3 aromatic carbocycles. The summed E-state index contributed by atoms with van der Waals surface area (Å²) >= 11 is 9.65. The number of hydrogen-bond donors (Lipinski definition) is 2. The molecule has 2 fully saturated rings. The van der Waals surface area contributed by atoms with Crippen LogP contribution in [0.1, 0.15) is 40.2 Å². The summed E-state index contributed by atoms with van der Waals surface area (Å²) in [4.78, 5) is 17.1. The van der Waals surface area contributed by atoms with Gasteiger partial charge in [0.25, 0.3) is 5.91 Å². The van der Waals surface area contributed by atoms with Gasteiger partial charge in [-0.3, -0.25) is 4.79 Å². The van der Waals surface area contributed by atoms with Gasteiger partial charge in [0.15, 0.2) is 0 Å². The summed E-state index contributed by atoms with van der Waals surface area (Å²) in [5, 5.41) is 7.37. The van der Waals surface area contributed by atoms with E-state index in [0.29, 0.717) is 5.92 Å². The molecule has 9 heteroatoms. The highest BCUT2D eigenvalue weighted by Gasteiger charge is 2.21. The van der Waals surface area contributed by atoms with Crippen LogP contribution in [0.5, 0.6) is 0 Å². The Morgan fingerprint density at radius 2 is 1.73 bits per heavy atom. The SMILES string of the molecule is CSN(C)c1ccc(C2CCNCC2)cc1C(=O)Nc1ccc(SN2CCN(c3cc(C)cc(Cl)c3)CC2)cc1. The molecule has 1 amide bonds.